The van der Waals surface area contributed by atoms with E-state index in [9.17, 15) is 9.59 Å². The molecule has 0 aliphatic carbocycles. The summed E-state index contributed by atoms with van der Waals surface area (Å²) in [7, 11) is 1.42. The topological polar surface area (TPSA) is 80.2 Å². The van der Waals surface area contributed by atoms with E-state index in [1.54, 1.807) is 0 Å². The first-order chi connectivity index (χ1) is 10.8. The van der Waals surface area contributed by atoms with Crippen LogP contribution in [0.3, 0.4) is 0 Å². The summed E-state index contributed by atoms with van der Waals surface area (Å²) in [6.07, 6.45) is 1.45. The molecule has 0 radical (unpaired) electrons. The van der Waals surface area contributed by atoms with Gasteiger partial charge in [-0.1, -0.05) is 0 Å². The van der Waals surface area contributed by atoms with Gasteiger partial charge in [-0.25, -0.2) is 4.99 Å². The third kappa shape index (κ3) is 6.88. The Balaban J connectivity index is 2.60. The lowest BCUT2D eigenvalue weighted by Crippen LogP contribution is -2.47. The highest BCUT2D eigenvalue weighted by Gasteiger charge is 2.27. The average molecular weight is 327 g/mol. The van der Waals surface area contributed by atoms with Crippen LogP contribution >= 0.6 is 0 Å². The Kier molecular flexibility index (Phi) is 7.32. The fraction of sp³-hybridized carbons (Fsp3) is 0.812. The molecule has 0 bridgehead atoms. The summed E-state index contributed by atoms with van der Waals surface area (Å²) in [5.41, 5.74) is -0.510. The first kappa shape index (κ1) is 19.3. The minimum atomic E-state index is -0.510. The maximum atomic E-state index is 11.8. The van der Waals surface area contributed by atoms with Gasteiger partial charge in [-0.05, 0) is 40.5 Å². The molecular formula is C16H29N3O4. The van der Waals surface area contributed by atoms with Crippen LogP contribution in [0.5, 0.6) is 0 Å². The highest BCUT2D eigenvalue weighted by Crippen LogP contribution is 2.18. The zero-order chi connectivity index (χ0) is 17.5. The number of ether oxygens (including phenoxy) is 2. The number of aliphatic imine (C=N–C) groups is 1. The van der Waals surface area contributed by atoms with E-state index in [0.717, 1.165) is 12.8 Å². The quantitative estimate of drug-likeness (QED) is 0.474. The maximum Gasteiger partial charge on any atom is 0.328 e. The second-order valence-electron chi connectivity index (χ2n) is 6.54. The number of nitrogens with zero attached hydrogens (tertiary/aromatic N) is 2. The number of carbonyl (C=O) groups excluding carboxylic acids is 2. The number of guanidine groups is 1. The van der Waals surface area contributed by atoms with Crippen molar-refractivity contribution >= 4 is 17.9 Å². The predicted octanol–water partition coefficient (Wildman–Crippen LogP) is 1.18. The molecule has 0 aromatic heterocycles. The SMILES string of the molecule is CCNC(=NCC(=O)OC(C)(C)C)N1CCC(C(=O)OC)CC1. The summed E-state index contributed by atoms with van der Waals surface area (Å²) in [5, 5.41) is 3.18. The normalized spacial score (nSPS) is 16.9. The molecule has 7 heteroatoms. The average Bonchev–Trinajstić information content (AvgIpc) is 2.49. The molecule has 0 atom stereocenters. The molecule has 0 amide bonds. The van der Waals surface area contributed by atoms with Gasteiger partial charge < -0.3 is 19.7 Å². The molecule has 1 aliphatic rings. The molecule has 1 fully saturated rings. The maximum absolute atomic E-state index is 11.8. The van der Waals surface area contributed by atoms with Crippen LogP contribution in [-0.4, -0.2) is 61.7 Å². The number of carbonyl (C=O) groups is 2. The Morgan fingerprint density at radius 1 is 1.26 bits per heavy atom. The summed E-state index contributed by atoms with van der Waals surface area (Å²) in [5.74, 6) is 0.129. The summed E-state index contributed by atoms with van der Waals surface area (Å²) >= 11 is 0. The number of esters is 2. The van der Waals surface area contributed by atoms with Gasteiger partial charge in [0.2, 0.25) is 0 Å². The Morgan fingerprint density at radius 2 is 1.87 bits per heavy atom. The Morgan fingerprint density at radius 3 is 2.35 bits per heavy atom. The van der Waals surface area contributed by atoms with Gasteiger partial charge >= 0.3 is 11.9 Å². The van der Waals surface area contributed by atoms with Crippen LogP contribution in [0.15, 0.2) is 4.99 Å². The molecule has 0 aromatic rings. The molecule has 1 rings (SSSR count). The van der Waals surface area contributed by atoms with E-state index >= 15 is 0 Å². The molecule has 7 nitrogen and oxygen atoms in total. The van der Waals surface area contributed by atoms with E-state index in [1.807, 2.05) is 27.7 Å². The van der Waals surface area contributed by atoms with Crippen molar-refractivity contribution in [1.82, 2.24) is 10.2 Å². The largest absolute Gasteiger partial charge is 0.469 e. The number of hydrogen-bond donors (Lipinski definition) is 1. The third-order valence-corrected chi connectivity index (χ3v) is 3.44. The van der Waals surface area contributed by atoms with Crippen LogP contribution < -0.4 is 5.32 Å². The lowest BCUT2D eigenvalue weighted by atomic mass is 9.97. The minimum absolute atomic E-state index is 0.0173. The summed E-state index contributed by atoms with van der Waals surface area (Å²) in [4.78, 5) is 29.8. The van der Waals surface area contributed by atoms with Gasteiger partial charge in [-0.3, -0.25) is 9.59 Å². The molecule has 0 spiro atoms. The van der Waals surface area contributed by atoms with Gasteiger partial charge in [0.25, 0.3) is 0 Å². The van der Waals surface area contributed by atoms with Crippen molar-refractivity contribution in [2.45, 2.75) is 46.1 Å². The molecule has 132 valence electrons. The van der Waals surface area contributed by atoms with E-state index < -0.39 is 5.60 Å². The molecule has 1 heterocycles. The molecule has 1 saturated heterocycles. The van der Waals surface area contributed by atoms with Crippen LogP contribution in [0.25, 0.3) is 0 Å². The van der Waals surface area contributed by atoms with Gasteiger partial charge in [0, 0.05) is 19.6 Å². The predicted molar refractivity (Wildman–Crippen MR) is 88.1 cm³/mol. The minimum Gasteiger partial charge on any atom is -0.469 e. The molecule has 1 aliphatic heterocycles. The summed E-state index contributed by atoms with van der Waals surface area (Å²) in [6, 6.07) is 0. The molecule has 1 N–H and O–H groups in total. The molecule has 0 saturated carbocycles. The van der Waals surface area contributed by atoms with Crippen LogP contribution in [0, 0.1) is 5.92 Å². The Hall–Kier alpha value is -1.79. The lowest BCUT2D eigenvalue weighted by molar-refractivity contribution is -0.152. The van der Waals surface area contributed by atoms with Crippen molar-refractivity contribution in [2.75, 3.05) is 33.3 Å². The third-order valence-electron chi connectivity index (χ3n) is 3.44. The van der Waals surface area contributed by atoms with E-state index in [4.69, 9.17) is 9.47 Å². The van der Waals surface area contributed by atoms with Crippen molar-refractivity contribution in [3.63, 3.8) is 0 Å². The second-order valence-corrected chi connectivity index (χ2v) is 6.54. The van der Waals surface area contributed by atoms with E-state index in [-0.39, 0.29) is 24.4 Å². The highest BCUT2D eigenvalue weighted by molar-refractivity contribution is 5.83. The fourth-order valence-corrected chi connectivity index (χ4v) is 2.43. The summed E-state index contributed by atoms with van der Waals surface area (Å²) < 4.78 is 10.1. The smallest absolute Gasteiger partial charge is 0.328 e. The Labute approximate surface area is 138 Å². The highest BCUT2D eigenvalue weighted by atomic mass is 16.6. The van der Waals surface area contributed by atoms with Crippen molar-refractivity contribution in [2.24, 2.45) is 10.9 Å². The summed E-state index contributed by atoms with van der Waals surface area (Å²) in [6.45, 7) is 9.58. The van der Waals surface area contributed by atoms with Crippen LogP contribution in [0.4, 0.5) is 0 Å². The lowest BCUT2D eigenvalue weighted by Gasteiger charge is -2.33. The zero-order valence-corrected chi connectivity index (χ0v) is 14.8. The van der Waals surface area contributed by atoms with Gasteiger partial charge in [0.1, 0.15) is 12.1 Å². The molecule has 0 aromatic carbocycles. The van der Waals surface area contributed by atoms with Crippen LogP contribution in [0.2, 0.25) is 0 Å². The number of nitrogens with one attached hydrogen (secondary N) is 1. The van der Waals surface area contributed by atoms with E-state index in [0.29, 0.717) is 25.6 Å². The van der Waals surface area contributed by atoms with E-state index in [2.05, 4.69) is 15.2 Å². The monoisotopic (exact) mass is 327 g/mol. The fourth-order valence-electron chi connectivity index (χ4n) is 2.43. The first-order valence-electron chi connectivity index (χ1n) is 8.09. The first-order valence-corrected chi connectivity index (χ1v) is 8.09. The van der Waals surface area contributed by atoms with Crippen molar-refractivity contribution in [3.05, 3.63) is 0 Å². The van der Waals surface area contributed by atoms with Crippen molar-refractivity contribution in [3.8, 4) is 0 Å². The second kappa shape index (κ2) is 8.74. The Bertz CT molecular complexity index is 435. The molecular weight excluding hydrogens is 298 g/mol. The number of methoxy groups -OCH3 is 1. The van der Waals surface area contributed by atoms with E-state index in [1.165, 1.54) is 7.11 Å². The molecule has 0 unspecified atom stereocenters. The van der Waals surface area contributed by atoms with Gasteiger partial charge in [0.15, 0.2) is 5.96 Å². The molecule has 23 heavy (non-hydrogen) atoms. The van der Waals surface area contributed by atoms with Gasteiger partial charge in [0.05, 0.1) is 13.0 Å². The van der Waals surface area contributed by atoms with Crippen molar-refractivity contribution in [1.29, 1.82) is 0 Å². The van der Waals surface area contributed by atoms with Crippen LogP contribution in [0.1, 0.15) is 40.5 Å². The van der Waals surface area contributed by atoms with Gasteiger partial charge in [-0.2, -0.15) is 0 Å². The number of likely N-dealkylation sites (tertiary alicyclic amines) is 1. The number of piperidine rings is 1. The standard InChI is InChI=1S/C16H29N3O4/c1-6-17-15(18-11-13(20)23-16(2,3)4)19-9-7-12(8-10-19)14(21)22-5/h12H,6-11H2,1-5H3,(H,17,18). The number of hydrogen-bond acceptors (Lipinski definition) is 5. The van der Waals surface area contributed by atoms with Crippen molar-refractivity contribution < 1.29 is 19.1 Å². The number of rotatable bonds is 4. The zero-order valence-electron chi connectivity index (χ0n) is 14.8. The van der Waals surface area contributed by atoms with Gasteiger partial charge in [-0.15, -0.1) is 0 Å². The van der Waals surface area contributed by atoms with Crippen LogP contribution in [-0.2, 0) is 19.1 Å².